The summed E-state index contributed by atoms with van der Waals surface area (Å²) < 4.78 is 0. The summed E-state index contributed by atoms with van der Waals surface area (Å²) in [5.41, 5.74) is 0.567. The third-order valence-electron chi connectivity index (χ3n) is 4.51. The van der Waals surface area contributed by atoms with Gasteiger partial charge in [-0.3, -0.25) is 14.4 Å². The predicted octanol–water partition coefficient (Wildman–Crippen LogP) is 2.68. The fourth-order valence-corrected chi connectivity index (χ4v) is 2.81. The highest BCUT2D eigenvalue weighted by atomic mass is 16.4. The van der Waals surface area contributed by atoms with Gasteiger partial charge in [0.05, 0.1) is 5.41 Å². The zero-order valence-corrected chi connectivity index (χ0v) is 14.9. The molecular weight excluding hydrogens is 320 g/mol. The SMILES string of the molecule is CC(C)(CC(=O)Nc1ccc(CCC(=O)N2CCCC2)cc1)C(=O)O. The summed E-state index contributed by atoms with van der Waals surface area (Å²) in [5, 5.41) is 11.8. The highest BCUT2D eigenvalue weighted by Crippen LogP contribution is 2.21. The summed E-state index contributed by atoms with van der Waals surface area (Å²) in [5.74, 6) is -1.13. The van der Waals surface area contributed by atoms with Gasteiger partial charge in [0.15, 0.2) is 0 Å². The Morgan fingerprint density at radius 2 is 1.72 bits per heavy atom. The smallest absolute Gasteiger partial charge is 0.309 e. The Kier molecular flexibility index (Phi) is 6.17. The fraction of sp³-hybridized carbons (Fsp3) is 0.526. The largest absolute Gasteiger partial charge is 0.481 e. The van der Waals surface area contributed by atoms with Crippen LogP contribution in [0.25, 0.3) is 0 Å². The number of benzene rings is 1. The zero-order valence-electron chi connectivity index (χ0n) is 14.9. The molecule has 1 aromatic rings. The van der Waals surface area contributed by atoms with Crippen LogP contribution in [0, 0.1) is 5.41 Å². The van der Waals surface area contributed by atoms with E-state index in [-0.39, 0.29) is 18.2 Å². The number of carbonyl (C=O) groups excluding carboxylic acids is 2. The lowest BCUT2D eigenvalue weighted by Gasteiger charge is -2.18. The summed E-state index contributed by atoms with van der Waals surface area (Å²) in [6, 6.07) is 7.33. The van der Waals surface area contributed by atoms with Crippen molar-refractivity contribution in [2.24, 2.45) is 5.41 Å². The van der Waals surface area contributed by atoms with E-state index < -0.39 is 11.4 Å². The molecule has 6 heteroatoms. The molecule has 0 saturated carbocycles. The van der Waals surface area contributed by atoms with Crippen LogP contribution in [0.3, 0.4) is 0 Å². The number of carbonyl (C=O) groups is 3. The van der Waals surface area contributed by atoms with Gasteiger partial charge in [-0.15, -0.1) is 0 Å². The minimum Gasteiger partial charge on any atom is -0.481 e. The Morgan fingerprint density at radius 3 is 2.28 bits per heavy atom. The average molecular weight is 346 g/mol. The number of rotatable bonds is 7. The predicted molar refractivity (Wildman–Crippen MR) is 95.2 cm³/mol. The number of nitrogens with zero attached hydrogens (tertiary/aromatic N) is 1. The molecule has 1 aliphatic heterocycles. The van der Waals surface area contributed by atoms with Crippen molar-refractivity contribution < 1.29 is 19.5 Å². The number of hydrogen-bond acceptors (Lipinski definition) is 3. The van der Waals surface area contributed by atoms with Crippen LogP contribution in [0.15, 0.2) is 24.3 Å². The third kappa shape index (κ3) is 5.59. The van der Waals surface area contributed by atoms with Crippen molar-refractivity contribution >= 4 is 23.5 Å². The number of amides is 2. The topological polar surface area (TPSA) is 86.7 Å². The quantitative estimate of drug-likeness (QED) is 0.795. The standard InChI is InChI=1S/C19H26N2O4/c1-19(2,18(24)25)13-16(22)20-15-8-5-14(6-9-15)7-10-17(23)21-11-3-4-12-21/h5-6,8-9H,3-4,7,10-13H2,1-2H3,(H,20,22)(H,24,25). The molecule has 2 rings (SSSR count). The van der Waals surface area contributed by atoms with E-state index in [1.165, 1.54) is 13.8 Å². The molecule has 1 aliphatic rings. The molecule has 0 aromatic heterocycles. The van der Waals surface area contributed by atoms with Gasteiger partial charge in [0.25, 0.3) is 0 Å². The van der Waals surface area contributed by atoms with Crippen LogP contribution in [0.4, 0.5) is 5.69 Å². The number of aliphatic carboxylic acids is 1. The summed E-state index contributed by atoms with van der Waals surface area (Å²) >= 11 is 0. The maximum Gasteiger partial charge on any atom is 0.309 e. The number of aryl methyl sites for hydroxylation is 1. The Balaban J connectivity index is 1.82. The molecule has 136 valence electrons. The molecule has 0 radical (unpaired) electrons. The molecular formula is C19H26N2O4. The van der Waals surface area contributed by atoms with Crippen LogP contribution in [0.1, 0.15) is 45.1 Å². The second-order valence-corrected chi connectivity index (χ2v) is 7.20. The van der Waals surface area contributed by atoms with Gasteiger partial charge in [-0.25, -0.2) is 0 Å². The van der Waals surface area contributed by atoms with Gasteiger partial charge < -0.3 is 15.3 Å². The maximum atomic E-state index is 12.0. The molecule has 2 N–H and O–H groups in total. The molecule has 2 amide bonds. The lowest BCUT2D eigenvalue weighted by molar-refractivity contribution is -0.149. The molecule has 1 heterocycles. The fourth-order valence-electron chi connectivity index (χ4n) is 2.81. The molecule has 0 spiro atoms. The van der Waals surface area contributed by atoms with Crippen LogP contribution in [-0.2, 0) is 20.8 Å². The van der Waals surface area contributed by atoms with Gasteiger partial charge in [0.1, 0.15) is 0 Å². The van der Waals surface area contributed by atoms with E-state index in [4.69, 9.17) is 5.11 Å². The number of anilines is 1. The van der Waals surface area contributed by atoms with Crippen molar-refractivity contribution in [3.8, 4) is 0 Å². The van der Waals surface area contributed by atoms with Gasteiger partial charge >= 0.3 is 5.97 Å². The van der Waals surface area contributed by atoms with Crippen molar-refractivity contribution in [2.45, 2.75) is 46.0 Å². The van der Waals surface area contributed by atoms with Gasteiger partial charge in [0.2, 0.25) is 11.8 Å². The van der Waals surface area contributed by atoms with Gasteiger partial charge in [-0.2, -0.15) is 0 Å². The number of hydrogen-bond donors (Lipinski definition) is 2. The number of nitrogens with one attached hydrogen (secondary N) is 1. The molecule has 1 aromatic carbocycles. The molecule has 25 heavy (non-hydrogen) atoms. The molecule has 1 saturated heterocycles. The Morgan fingerprint density at radius 1 is 1.12 bits per heavy atom. The molecule has 0 bridgehead atoms. The van der Waals surface area contributed by atoms with Crippen molar-refractivity contribution in [1.82, 2.24) is 4.90 Å². The van der Waals surface area contributed by atoms with E-state index in [0.717, 1.165) is 31.5 Å². The second-order valence-electron chi connectivity index (χ2n) is 7.20. The minimum absolute atomic E-state index is 0.0889. The van der Waals surface area contributed by atoms with E-state index in [1.807, 2.05) is 17.0 Å². The third-order valence-corrected chi connectivity index (χ3v) is 4.51. The Labute approximate surface area is 148 Å². The van der Waals surface area contributed by atoms with Gasteiger partial charge in [0, 0.05) is 31.6 Å². The van der Waals surface area contributed by atoms with Crippen molar-refractivity contribution in [1.29, 1.82) is 0 Å². The highest BCUT2D eigenvalue weighted by molar-refractivity contribution is 5.94. The summed E-state index contributed by atoms with van der Waals surface area (Å²) in [6.07, 6.45) is 3.28. The first-order valence-electron chi connectivity index (χ1n) is 8.68. The van der Waals surface area contributed by atoms with Crippen LogP contribution in [0.5, 0.6) is 0 Å². The Bertz CT molecular complexity index is 631. The van der Waals surface area contributed by atoms with E-state index in [2.05, 4.69) is 5.32 Å². The lowest BCUT2D eigenvalue weighted by atomic mass is 9.89. The van der Waals surface area contributed by atoms with Crippen LogP contribution in [0.2, 0.25) is 0 Å². The monoisotopic (exact) mass is 346 g/mol. The van der Waals surface area contributed by atoms with Crippen LogP contribution >= 0.6 is 0 Å². The second kappa shape index (κ2) is 8.14. The Hall–Kier alpha value is -2.37. The van der Waals surface area contributed by atoms with Crippen molar-refractivity contribution in [3.05, 3.63) is 29.8 Å². The van der Waals surface area contributed by atoms with Gasteiger partial charge in [-0.1, -0.05) is 12.1 Å². The number of likely N-dealkylation sites (tertiary alicyclic amines) is 1. The summed E-state index contributed by atoms with van der Waals surface area (Å²) in [7, 11) is 0. The van der Waals surface area contributed by atoms with Crippen LogP contribution in [-0.4, -0.2) is 40.9 Å². The van der Waals surface area contributed by atoms with E-state index >= 15 is 0 Å². The van der Waals surface area contributed by atoms with Crippen molar-refractivity contribution in [3.63, 3.8) is 0 Å². The molecule has 6 nitrogen and oxygen atoms in total. The lowest BCUT2D eigenvalue weighted by Crippen LogP contribution is -2.29. The summed E-state index contributed by atoms with van der Waals surface area (Å²) in [4.78, 5) is 37.0. The van der Waals surface area contributed by atoms with E-state index in [9.17, 15) is 14.4 Å². The number of carboxylic acids is 1. The van der Waals surface area contributed by atoms with E-state index in [0.29, 0.717) is 18.5 Å². The molecule has 0 unspecified atom stereocenters. The zero-order chi connectivity index (χ0) is 18.4. The average Bonchev–Trinajstić information content (AvgIpc) is 3.07. The molecule has 1 fully saturated rings. The highest BCUT2D eigenvalue weighted by Gasteiger charge is 2.30. The van der Waals surface area contributed by atoms with Gasteiger partial charge in [-0.05, 0) is 50.8 Å². The first kappa shape index (κ1) is 19.0. The first-order chi connectivity index (χ1) is 11.8. The number of carboxylic acid groups (broad SMARTS) is 1. The van der Waals surface area contributed by atoms with E-state index in [1.54, 1.807) is 12.1 Å². The summed E-state index contributed by atoms with van der Waals surface area (Å²) in [6.45, 7) is 4.79. The first-order valence-corrected chi connectivity index (χ1v) is 8.68. The van der Waals surface area contributed by atoms with Crippen molar-refractivity contribution in [2.75, 3.05) is 18.4 Å². The van der Waals surface area contributed by atoms with Crippen LogP contribution < -0.4 is 5.32 Å². The maximum absolute atomic E-state index is 12.0. The molecule has 0 aliphatic carbocycles. The normalized spacial score (nSPS) is 14.4. The molecule has 0 atom stereocenters. The minimum atomic E-state index is -1.10.